The first-order valence-electron chi connectivity index (χ1n) is 7.78. The fourth-order valence-electron chi connectivity index (χ4n) is 2.32. The number of nitrogens with zero attached hydrogens (tertiary/aromatic N) is 2. The van der Waals surface area contributed by atoms with Gasteiger partial charge in [0.1, 0.15) is 5.82 Å². The Morgan fingerprint density at radius 2 is 1.88 bits per heavy atom. The molecule has 0 radical (unpaired) electrons. The molecule has 0 fully saturated rings. The monoisotopic (exact) mass is 352 g/mol. The summed E-state index contributed by atoms with van der Waals surface area (Å²) in [4.78, 5) is 20.7. The Labute approximate surface area is 151 Å². The van der Waals surface area contributed by atoms with Crippen LogP contribution in [0.25, 0.3) is 0 Å². The molecule has 3 rings (SSSR count). The topological polar surface area (TPSA) is 66.9 Å². The predicted molar refractivity (Wildman–Crippen MR) is 99.9 cm³/mol. The molecule has 0 saturated heterocycles. The molecule has 0 spiro atoms. The fraction of sp³-hybridized carbons (Fsp3) is 0.105. The van der Waals surface area contributed by atoms with Gasteiger partial charge in [0.15, 0.2) is 0 Å². The van der Waals surface area contributed by atoms with E-state index in [9.17, 15) is 4.79 Å². The number of carbonyl (C=O) groups excluding carboxylic acids is 1. The lowest BCUT2D eigenvalue weighted by molar-refractivity contribution is 0.102. The number of halogens is 1. The van der Waals surface area contributed by atoms with Crippen molar-refractivity contribution in [2.45, 2.75) is 13.5 Å². The lowest BCUT2D eigenvalue weighted by Gasteiger charge is -2.10. The molecule has 1 amide bonds. The van der Waals surface area contributed by atoms with E-state index in [4.69, 9.17) is 11.6 Å². The summed E-state index contributed by atoms with van der Waals surface area (Å²) in [5.41, 5.74) is 3.26. The minimum atomic E-state index is -0.195. The van der Waals surface area contributed by atoms with Gasteiger partial charge >= 0.3 is 0 Å². The van der Waals surface area contributed by atoms with Crippen LogP contribution in [0.4, 0.5) is 11.5 Å². The first-order chi connectivity index (χ1) is 12.1. The number of aromatic nitrogens is 2. The van der Waals surface area contributed by atoms with Gasteiger partial charge in [0.05, 0.1) is 0 Å². The second-order valence-electron chi connectivity index (χ2n) is 5.55. The van der Waals surface area contributed by atoms with Gasteiger partial charge < -0.3 is 10.6 Å². The number of carbonyl (C=O) groups is 1. The lowest BCUT2D eigenvalue weighted by Crippen LogP contribution is -2.13. The fourth-order valence-corrected chi connectivity index (χ4v) is 2.55. The number of benzene rings is 1. The molecule has 0 bridgehead atoms. The maximum Gasteiger partial charge on any atom is 0.255 e. The molecule has 2 N–H and O–H groups in total. The van der Waals surface area contributed by atoms with Gasteiger partial charge in [-0.25, -0.2) is 4.98 Å². The Morgan fingerprint density at radius 3 is 2.64 bits per heavy atom. The van der Waals surface area contributed by atoms with Crippen LogP contribution in [-0.4, -0.2) is 15.9 Å². The Kier molecular flexibility index (Phi) is 5.26. The average molecular weight is 353 g/mol. The summed E-state index contributed by atoms with van der Waals surface area (Å²) in [6.45, 7) is 2.51. The van der Waals surface area contributed by atoms with Crippen molar-refractivity contribution in [1.82, 2.24) is 9.97 Å². The van der Waals surface area contributed by atoms with Gasteiger partial charge in [0.2, 0.25) is 0 Å². The van der Waals surface area contributed by atoms with E-state index >= 15 is 0 Å². The molecule has 6 heteroatoms. The van der Waals surface area contributed by atoms with Crippen molar-refractivity contribution in [1.29, 1.82) is 0 Å². The molecular formula is C19H17ClN4O. The summed E-state index contributed by atoms with van der Waals surface area (Å²) in [5.74, 6) is 0.442. The SMILES string of the molecule is Cc1cc(Cl)ccc1NC(=O)c1ccnc(NCc2ccncc2)c1. The van der Waals surface area contributed by atoms with Crippen LogP contribution < -0.4 is 10.6 Å². The van der Waals surface area contributed by atoms with Crippen molar-refractivity contribution < 1.29 is 4.79 Å². The second-order valence-corrected chi connectivity index (χ2v) is 5.99. The summed E-state index contributed by atoms with van der Waals surface area (Å²) in [6.07, 6.45) is 5.09. The molecule has 2 heterocycles. The van der Waals surface area contributed by atoms with Crippen LogP contribution in [0.1, 0.15) is 21.5 Å². The van der Waals surface area contributed by atoms with E-state index in [-0.39, 0.29) is 5.91 Å². The molecule has 3 aromatic rings. The van der Waals surface area contributed by atoms with E-state index in [1.165, 1.54) is 0 Å². The molecule has 0 saturated carbocycles. The van der Waals surface area contributed by atoms with Gasteiger partial charge in [-0.3, -0.25) is 9.78 Å². The van der Waals surface area contributed by atoms with Gasteiger partial charge in [-0.05, 0) is 60.5 Å². The van der Waals surface area contributed by atoms with E-state index in [0.29, 0.717) is 22.9 Å². The molecule has 0 aliphatic heterocycles. The van der Waals surface area contributed by atoms with E-state index in [0.717, 1.165) is 16.8 Å². The molecule has 0 aliphatic rings. The van der Waals surface area contributed by atoms with E-state index in [2.05, 4.69) is 20.6 Å². The van der Waals surface area contributed by atoms with Gasteiger partial charge in [-0.15, -0.1) is 0 Å². The Hall–Kier alpha value is -2.92. The molecule has 0 aliphatic carbocycles. The van der Waals surface area contributed by atoms with E-state index in [1.54, 1.807) is 42.9 Å². The Bertz CT molecular complexity index is 884. The Balaban J connectivity index is 1.69. The van der Waals surface area contributed by atoms with Gasteiger partial charge in [-0.1, -0.05) is 11.6 Å². The van der Waals surface area contributed by atoms with Crippen LogP contribution in [0.2, 0.25) is 5.02 Å². The predicted octanol–water partition coefficient (Wildman–Crippen LogP) is 4.30. The molecule has 2 aromatic heterocycles. The van der Waals surface area contributed by atoms with Crippen molar-refractivity contribution in [3.8, 4) is 0 Å². The van der Waals surface area contributed by atoms with Crippen LogP contribution in [0.5, 0.6) is 0 Å². The molecule has 25 heavy (non-hydrogen) atoms. The normalized spacial score (nSPS) is 10.3. The second kappa shape index (κ2) is 7.77. The van der Waals surface area contributed by atoms with Crippen molar-refractivity contribution in [2.75, 3.05) is 10.6 Å². The largest absolute Gasteiger partial charge is 0.366 e. The number of aryl methyl sites for hydroxylation is 1. The minimum Gasteiger partial charge on any atom is -0.366 e. The van der Waals surface area contributed by atoms with Gasteiger partial charge in [0.25, 0.3) is 5.91 Å². The summed E-state index contributed by atoms with van der Waals surface area (Å²) >= 11 is 5.94. The Morgan fingerprint density at radius 1 is 1.08 bits per heavy atom. The number of rotatable bonds is 5. The third-order valence-electron chi connectivity index (χ3n) is 3.68. The minimum absolute atomic E-state index is 0.195. The van der Waals surface area contributed by atoms with Crippen molar-refractivity contribution in [3.63, 3.8) is 0 Å². The third-order valence-corrected chi connectivity index (χ3v) is 3.92. The molecular weight excluding hydrogens is 336 g/mol. The summed E-state index contributed by atoms with van der Waals surface area (Å²) in [6, 6.07) is 12.6. The molecule has 0 atom stereocenters. The summed E-state index contributed by atoms with van der Waals surface area (Å²) in [5, 5.41) is 6.74. The standard InChI is InChI=1S/C19H17ClN4O/c1-13-10-16(20)2-3-17(13)24-19(25)15-6-9-22-18(11-15)23-12-14-4-7-21-8-5-14/h2-11H,12H2,1H3,(H,22,23)(H,24,25). The maximum absolute atomic E-state index is 12.5. The van der Waals surface area contributed by atoms with Gasteiger partial charge in [0, 0.05) is 41.4 Å². The van der Waals surface area contributed by atoms with Crippen molar-refractivity contribution in [2.24, 2.45) is 0 Å². The van der Waals surface area contributed by atoms with Crippen LogP contribution >= 0.6 is 11.6 Å². The van der Waals surface area contributed by atoms with Crippen molar-refractivity contribution in [3.05, 3.63) is 82.8 Å². The third kappa shape index (κ3) is 4.55. The highest BCUT2D eigenvalue weighted by Gasteiger charge is 2.09. The first kappa shape index (κ1) is 16.9. The highest BCUT2D eigenvalue weighted by atomic mass is 35.5. The summed E-state index contributed by atoms with van der Waals surface area (Å²) < 4.78 is 0. The van der Waals surface area contributed by atoms with Crippen LogP contribution in [0, 0.1) is 6.92 Å². The number of hydrogen-bond acceptors (Lipinski definition) is 4. The molecule has 1 aromatic carbocycles. The first-order valence-corrected chi connectivity index (χ1v) is 8.16. The van der Waals surface area contributed by atoms with Crippen LogP contribution in [0.15, 0.2) is 61.1 Å². The zero-order chi connectivity index (χ0) is 17.6. The van der Waals surface area contributed by atoms with Gasteiger partial charge in [-0.2, -0.15) is 0 Å². The number of amides is 1. The zero-order valence-electron chi connectivity index (χ0n) is 13.7. The van der Waals surface area contributed by atoms with Crippen molar-refractivity contribution >= 4 is 29.0 Å². The lowest BCUT2D eigenvalue weighted by atomic mass is 10.2. The molecule has 126 valence electrons. The smallest absolute Gasteiger partial charge is 0.255 e. The average Bonchev–Trinajstić information content (AvgIpc) is 2.63. The number of pyridine rings is 2. The zero-order valence-corrected chi connectivity index (χ0v) is 14.4. The highest BCUT2D eigenvalue weighted by Crippen LogP contribution is 2.20. The van der Waals surface area contributed by atoms with Crippen LogP contribution in [0.3, 0.4) is 0 Å². The highest BCUT2D eigenvalue weighted by molar-refractivity contribution is 6.30. The number of anilines is 2. The van der Waals surface area contributed by atoms with E-state index < -0.39 is 0 Å². The molecule has 0 unspecified atom stereocenters. The van der Waals surface area contributed by atoms with E-state index in [1.807, 2.05) is 25.1 Å². The maximum atomic E-state index is 12.5. The number of hydrogen-bond donors (Lipinski definition) is 2. The number of nitrogens with one attached hydrogen (secondary N) is 2. The molecule has 5 nitrogen and oxygen atoms in total. The summed E-state index contributed by atoms with van der Waals surface area (Å²) in [7, 11) is 0. The van der Waals surface area contributed by atoms with Crippen LogP contribution in [-0.2, 0) is 6.54 Å². The quantitative estimate of drug-likeness (QED) is 0.718.